The Morgan fingerprint density at radius 1 is 1.23 bits per heavy atom. The van der Waals surface area contributed by atoms with Crippen LogP contribution in [0.5, 0.6) is 0 Å². The van der Waals surface area contributed by atoms with E-state index in [0.717, 1.165) is 5.56 Å². The minimum Gasteiger partial charge on any atom is -0.461 e. The Morgan fingerprint density at radius 3 is 2.59 bits per heavy atom. The molecule has 0 spiro atoms. The van der Waals surface area contributed by atoms with Gasteiger partial charge < -0.3 is 14.2 Å². The molecule has 1 aromatic carbocycles. The number of piperidine rings is 1. The van der Waals surface area contributed by atoms with E-state index in [1.165, 1.54) is 11.8 Å². The molecule has 1 fully saturated rings. The van der Waals surface area contributed by atoms with Crippen molar-refractivity contribution in [2.45, 2.75) is 38.7 Å². The Balaban J connectivity index is 1.93. The predicted octanol–water partition coefficient (Wildman–Crippen LogP) is 2.32. The van der Waals surface area contributed by atoms with Gasteiger partial charge in [0.2, 0.25) is 0 Å². The zero-order valence-electron chi connectivity index (χ0n) is 12.9. The molecule has 22 heavy (non-hydrogen) atoms. The average Bonchev–Trinajstić information content (AvgIpc) is 2.53. The van der Waals surface area contributed by atoms with Crippen LogP contribution in [0.1, 0.15) is 25.3 Å². The second-order valence-electron chi connectivity index (χ2n) is 5.19. The molecule has 120 valence electrons. The van der Waals surface area contributed by atoms with Crippen LogP contribution < -0.4 is 0 Å². The number of ether oxygens (including phenoxy) is 3. The van der Waals surface area contributed by atoms with E-state index in [2.05, 4.69) is 0 Å². The van der Waals surface area contributed by atoms with Crippen molar-refractivity contribution in [2.75, 3.05) is 13.7 Å². The SMILES string of the molecule is COC1CCC(OC(C)=O)CN1C(=O)OCc1ccccc1. The van der Waals surface area contributed by atoms with Crippen LogP contribution in [-0.4, -0.2) is 42.9 Å². The molecule has 1 aromatic rings. The zero-order chi connectivity index (χ0) is 15.9. The number of benzene rings is 1. The molecule has 6 nitrogen and oxygen atoms in total. The minimum absolute atomic E-state index is 0.199. The second kappa shape index (κ2) is 7.79. The fraction of sp³-hybridized carbons (Fsp3) is 0.500. The van der Waals surface area contributed by atoms with Gasteiger partial charge in [-0.3, -0.25) is 9.69 Å². The summed E-state index contributed by atoms with van der Waals surface area (Å²) in [4.78, 5) is 24.8. The summed E-state index contributed by atoms with van der Waals surface area (Å²) in [5, 5.41) is 0. The standard InChI is InChI=1S/C16H21NO5/c1-12(18)22-14-8-9-15(20-2)17(10-14)16(19)21-11-13-6-4-3-5-7-13/h3-7,14-15H,8-11H2,1-2H3. The lowest BCUT2D eigenvalue weighted by atomic mass is 10.1. The first-order valence-corrected chi connectivity index (χ1v) is 7.27. The van der Waals surface area contributed by atoms with Crippen molar-refractivity contribution in [3.05, 3.63) is 35.9 Å². The monoisotopic (exact) mass is 307 g/mol. The number of likely N-dealkylation sites (tertiary alicyclic amines) is 1. The lowest BCUT2D eigenvalue weighted by Gasteiger charge is -2.37. The Labute approximate surface area is 129 Å². The quantitative estimate of drug-likeness (QED) is 0.799. The molecule has 0 N–H and O–H groups in total. The van der Waals surface area contributed by atoms with Crippen molar-refractivity contribution in [3.63, 3.8) is 0 Å². The molecule has 2 atom stereocenters. The number of carbonyl (C=O) groups excluding carboxylic acids is 2. The van der Waals surface area contributed by atoms with E-state index in [1.54, 1.807) is 7.11 Å². The zero-order valence-corrected chi connectivity index (χ0v) is 12.9. The molecule has 0 saturated carbocycles. The van der Waals surface area contributed by atoms with E-state index in [-0.39, 0.29) is 31.5 Å². The van der Waals surface area contributed by atoms with Gasteiger partial charge in [-0.1, -0.05) is 30.3 Å². The predicted molar refractivity (Wildman–Crippen MR) is 78.9 cm³/mol. The molecular weight excluding hydrogens is 286 g/mol. The Morgan fingerprint density at radius 2 is 1.95 bits per heavy atom. The molecule has 0 aliphatic carbocycles. The Hall–Kier alpha value is -2.08. The Bertz CT molecular complexity index is 505. The first-order valence-electron chi connectivity index (χ1n) is 7.27. The second-order valence-corrected chi connectivity index (χ2v) is 5.19. The summed E-state index contributed by atoms with van der Waals surface area (Å²) in [5.41, 5.74) is 0.915. The molecule has 0 bridgehead atoms. The third-order valence-corrected chi connectivity index (χ3v) is 3.53. The fourth-order valence-corrected chi connectivity index (χ4v) is 2.48. The molecule has 0 radical (unpaired) electrons. The summed E-state index contributed by atoms with van der Waals surface area (Å²) in [6, 6.07) is 9.45. The normalized spacial score (nSPS) is 21.3. The number of esters is 1. The van der Waals surface area contributed by atoms with Gasteiger partial charge >= 0.3 is 12.1 Å². The molecule has 1 heterocycles. The maximum Gasteiger partial charge on any atom is 0.412 e. The topological polar surface area (TPSA) is 65.1 Å². The van der Waals surface area contributed by atoms with Crippen LogP contribution in [0, 0.1) is 0 Å². The van der Waals surface area contributed by atoms with Gasteiger partial charge in [0.1, 0.15) is 18.9 Å². The van der Waals surface area contributed by atoms with E-state index in [0.29, 0.717) is 12.8 Å². The van der Waals surface area contributed by atoms with Gasteiger partial charge in [-0.15, -0.1) is 0 Å². The molecule has 1 amide bonds. The third kappa shape index (κ3) is 4.46. The van der Waals surface area contributed by atoms with Gasteiger partial charge in [0.05, 0.1) is 6.54 Å². The van der Waals surface area contributed by atoms with Gasteiger partial charge in [-0.25, -0.2) is 4.79 Å². The number of amides is 1. The molecule has 2 unspecified atom stereocenters. The number of hydrogen-bond donors (Lipinski definition) is 0. The summed E-state index contributed by atoms with van der Waals surface area (Å²) < 4.78 is 15.8. The van der Waals surface area contributed by atoms with Gasteiger partial charge in [0.25, 0.3) is 0 Å². The fourth-order valence-electron chi connectivity index (χ4n) is 2.48. The molecule has 1 saturated heterocycles. The van der Waals surface area contributed by atoms with E-state index in [9.17, 15) is 9.59 Å². The highest BCUT2D eigenvalue weighted by Crippen LogP contribution is 2.21. The smallest absolute Gasteiger partial charge is 0.412 e. The van der Waals surface area contributed by atoms with Gasteiger partial charge in [-0.05, 0) is 18.4 Å². The summed E-state index contributed by atoms with van der Waals surface area (Å²) in [7, 11) is 1.55. The molecule has 0 aromatic heterocycles. The van der Waals surface area contributed by atoms with E-state index in [1.807, 2.05) is 30.3 Å². The van der Waals surface area contributed by atoms with Crippen LogP contribution in [0.15, 0.2) is 30.3 Å². The van der Waals surface area contributed by atoms with Crippen molar-refractivity contribution in [1.82, 2.24) is 4.90 Å². The third-order valence-electron chi connectivity index (χ3n) is 3.53. The highest BCUT2D eigenvalue weighted by atomic mass is 16.6. The molecule has 2 rings (SSSR count). The number of nitrogens with zero attached hydrogens (tertiary/aromatic N) is 1. The van der Waals surface area contributed by atoms with Crippen LogP contribution in [0.3, 0.4) is 0 Å². The van der Waals surface area contributed by atoms with Crippen LogP contribution in [0.25, 0.3) is 0 Å². The maximum atomic E-state index is 12.3. The van der Waals surface area contributed by atoms with Crippen LogP contribution in [0.2, 0.25) is 0 Å². The number of rotatable bonds is 4. The average molecular weight is 307 g/mol. The summed E-state index contributed by atoms with van der Waals surface area (Å²) in [5.74, 6) is -0.349. The lowest BCUT2D eigenvalue weighted by Crippen LogP contribution is -2.50. The number of hydrogen-bond acceptors (Lipinski definition) is 5. The van der Waals surface area contributed by atoms with Crippen LogP contribution >= 0.6 is 0 Å². The lowest BCUT2D eigenvalue weighted by molar-refractivity contribution is -0.154. The minimum atomic E-state index is -0.465. The molecular formula is C16H21NO5. The molecule has 1 aliphatic rings. The van der Waals surface area contributed by atoms with Gasteiger partial charge in [0.15, 0.2) is 0 Å². The Kier molecular flexibility index (Phi) is 5.77. The number of carbonyl (C=O) groups is 2. The van der Waals surface area contributed by atoms with Crippen LogP contribution in [0.4, 0.5) is 4.79 Å². The first-order chi connectivity index (χ1) is 10.6. The van der Waals surface area contributed by atoms with Gasteiger partial charge in [-0.2, -0.15) is 0 Å². The van der Waals surface area contributed by atoms with E-state index >= 15 is 0 Å². The summed E-state index contributed by atoms with van der Waals surface area (Å²) in [6.45, 7) is 1.84. The summed E-state index contributed by atoms with van der Waals surface area (Å²) >= 11 is 0. The van der Waals surface area contributed by atoms with Crippen molar-refractivity contribution >= 4 is 12.1 Å². The largest absolute Gasteiger partial charge is 0.461 e. The van der Waals surface area contributed by atoms with Crippen molar-refractivity contribution in [1.29, 1.82) is 0 Å². The van der Waals surface area contributed by atoms with E-state index < -0.39 is 6.09 Å². The maximum absolute atomic E-state index is 12.3. The molecule has 1 aliphatic heterocycles. The summed E-state index contributed by atoms with van der Waals surface area (Å²) in [6.07, 6.45) is 0.144. The highest BCUT2D eigenvalue weighted by Gasteiger charge is 2.34. The highest BCUT2D eigenvalue weighted by molar-refractivity contribution is 5.68. The van der Waals surface area contributed by atoms with E-state index in [4.69, 9.17) is 14.2 Å². The molecule has 6 heteroatoms. The van der Waals surface area contributed by atoms with Gasteiger partial charge in [0, 0.05) is 14.0 Å². The number of methoxy groups -OCH3 is 1. The van der Waals surface area contributed by atoms with Crippen molar-refractivity contribution < 1.29 is 23.8 Å². The van der Waals surface area contributed by atoms with Crippen molar-refractivity contribution in [3.8, 4) is 0 Å². The van der Waals surface area contributed by atoms with Crippen molar-refractivity contribution in [2.24, 2.45) is 0 Å². The van der Waals surface area contributed by atoms with Crippen LogP contribution in [-0.2, 0) is 25.6 Å². The first kappa shape index (κ1) is 16.3.